The molecule has 66 valence electrons. The van der Waals surface area contributed by atoms with Crippen molar-refractivity contribution in [2.75, 3.05) is 6.61 Å². The van der Waals surface area contributed by atoms with Gasteiger partial charge in [0.15, 0.2) is 5.78 Å². The Bertz CT molecular complexity index is 352. The molecule has 0 radical (unpaired) electrons. The molecule has 0 fully saturated rings. The average Bonchev–Trinajstić information content (AvgIpc) is 2.15. The number of hydrogen-bond donors (Lipinski definition) is 0. The number of Topliss-reactive ketones (excluding diaryl/α,β-unsaturated/α-hetero) is 1. The first-order valence-corrected chi connectivity index (χ1v) is 3.77. The van der Waals surface area contributed by atoms with Gasteiger partial charge in [-0.05, 0) is 13.0 Å². The van der Waals surface area contributed by atoms with Crippen molar-refractivity contribution in [1.29, 1.82) is 0 Å². The van der Waals surface area contributed by atoms with Crippen LogP contribution in [0.2, 0.25) is 0 Å². The fraction of sp³-hybridized carbons (Fsp3) is 0.200. The Morgan fingerprint density at radius 3 is 3.15 bits per heavy atom. The number of ether oxygens (including phenoxy) is 1. The normalized spacial score (nSPS) is 8.92. The summed E-state index contributed by atoms with van der Waals surface area (Å²) in [7, 11) is 0. The van der Waals surface area contributed by atoms with Gasteiger partial charge in [0, 0.05) is 12.4 Å². The summed E-state index contributed by atoms with van der Waals surface area (Å²) < 4.78 is 5.15. The van der Waals surface area contributed by atoms with E-state index in [0.29, 0.717) is 11.3 Å². The molecule has 1 rings (SSSR count). The van der Waals surface area contributed by atoms with Gasteiger partial charge in [-0.1, -0.05) is 5.92 Å². The van der Waals surface area contributed by atoms with E-state index in [1.54, 1.807) is 12.3 Å². The minimum Gasteiger partial charge on any atom is -0.480 e. The molecule has 0 saturated heterocycles. The molecule has 0 atom stereocenters. The molecule has 0 N–H and O–H groups in total. The lowest BCUT2D eigenvalue weighted by molar-refractivity contribution is 0.101. The van der Waals surface area contributed by atoms with Crippen LogP contribution in [0.5, 0.6) is 5.75 Å². The lowest BCUT2D eigenvalue weighted by Gasteiger charge is -2.05. The molecule has 0 aliphatic heterocycles. The van der Waals surface area contributed by atoms with E-state index in [-0.39, 0.29) is 12.4 Å². The van der Waals surface area contributed by atoms with Crippen molar-refractivity contribution in [2.45, 2.75) is 6.92 Å². The smallest absolute Gasteiger partial charge is 0.165 e. The van der Waals surface area contributed by atoms with E-state index >= 15 is 0 Å². The molecule has 3 heteroatoms. The molecule has 0 unspecified atom stereocenters. The maximum atomic E-state index is 11.1. The van der Waals surface area contributed by atoms with Crippen LogP contribution in [-0.2, 0) is 0 Å². The zero-order chi connectivity index (χ0) is 9.68. The van der Waals surface area contributed by atoms with Crippen molar-refractivity contribution in [1.82, 2.24) is 4.98 Å². The monoisotopic (exact) mass is 175 g/mol. The molecule has 0 aromatic carbocycles. The van der Waals surface area contributed by atoms with Crippen molar-refractivity contribution < 1.29 is 9.53 Å². The fourth-order valence-corrected chi connectivity index (χ4v) is 0.891. The van der Waals surface area contributed by atoms with Crippen LogP contribution in [0.15, 0.2) is 18.5 Å². The predicted molar refractivity (Wildman–Crippen MR) is 48.6 cm³/mol. The number of rotatable bonds is 3. The summed E-state index contributed by atoms with van der Waals surface area (Å²) in [5.74, 6) is 2.73. The van der Waals surface area contributed by atoms with Gasteiger partial charge in [-0.25, -0.2) is 0 Å². The van der Waals surface area contributed by atoms with Crippen LogP contribution in [0.4, 0.5) is 0 Å². The molecule has 0 aliphatic rings. The van der Waals surface area contributed by atoms with Gasteiger partial charge in [-0.2, -0.15) is 0 Å². The standard InChI is InChI=1S/C10H9NO2/c1-3-6-13-10-4-5-11-7-9(10)8(2)12/h1,4-5,7H,6H2,2H3. The van der Waals surface area contributed by atoms with Gasteiger partial charge in [0.1, 0.15) is 12.4 Å². The van der Waals surface area contributed by atoms with Gasteiger partial charge in [0.05, 0.1) is 5.56 Å². The van der Waals surface area contributed by atoms with Crippen LogP contribution in [-0.4, -0.2) is 17.4 Å². The third kappa shape index (κ3) is 2.31. The summed E-state index contributed by atoms with van der Waals surface area (Å²) in [5.41, 5.74) is 0.456. The van der Waals surface area contributed by atoms with Crippen LogP contribution >= 0.6 is 0 Å². The zero-order valence-electron chi connectivity index (χ0n) is 7.28. The van der Waals surface area contributed by atoms with E-state index in [1.165, 1.54) is 13.1 Å². The number of nitrogens with zero attached hydrogens (tertiary/aromatic N) is 1. The largest absolute Gasteiger partial charge is 0.480 e. The summed E-state index contributed by atoms with van der Waals surface area (Å²) in [6.45, 7) is 1.62. The molecule has 0 bridgehead atoms. The van der Waals surface area contributed by atoms with E-state index in [2.05, 4.69) is 10.9 Å². The Balaban J connectivity index is 2.92. The summed E-state index contributed by atoms with van der Waals surface area (Å²) in [6.07, 6.45) is 8.05. The fourth-order valence-electron chi connectivity index (χ4n) is 0.891. The van der Waals surface area contributed by atoms with Gasteiger partial charge in [0.2, 0.25) is 0 Å². The molecule has 1 aromatic rings. The Morgan fingerprint density at radius 1 is 1.77 bits per heavy atom. The first-order chi connectivity index (χ1) is 6.25. The maximum Gasteiger partial charge on any atom is 0.165 e. The molecule has 3 nitrogen and oxygen atoms in total. The molecule has 0 spiro atoms. The highest BCUT2D eigenvalue weighted by Gasteiger charge is 2.06. The molecule has 1 aromatic heterocycles. The van der Waals surface area contributed by atoms with Crippen LogP contribution in [0, 0.1) is 12.3 Å². The Kier molecular flexibility index (Phi) is 3.04. The third-order valence-corrected chi connectivity index (χ3v) is 1.47. The lowest BCUT2D eigenvalue weighted by atomic mass is 10.2. The first-order valence-electron chi connectivity index (χ1n) is 3.77. The molecule has 0 saturated carbocycles. The highest BCUT2D eigenvalue weighted by Crippen LogP contribution is 2.16. The van der Waals surface area contributed by atoms with Crippen LogP contribution in [0.25, 0.3) is 0 Å². The molecule has 1 heterocycles. The molecule has 0 aliphatic carbocycles. The van der Waals surface area contributed by atoms with Gasteiger partial charge >= 0.3 is 0 Å². The quantitative estimate of drug-likeness (QED) is 0.513. The number of carbonyl (C=O) groups excluding carboxylic acids is 1. The second-order valence-electron chi connectivity index (χ2n) is 2.42. The van der Waals surface area contributed by atoms with Crippen molar-refractivity contribution in [3.63, 3.8) is 0 Å². The summed E-state index contributed by atoms with van der Waals surface area (Å²) >= 11 is 0. The van der Waals surface area contributed by atoms with Gasteiger partial charge in [-0.15, -0.1) is 6.42 Å². The highest BCUT2D eigenvalue weighted by atomic mass is 16.5. The maximum absolute atomic E-state index is 11.1. The number of ketones is 1. The number of aromatic nitrogens is 1. The van der Waals surface area contributed by atoms with Gasteiger partial charge < -0.3 is 4.74 Å². The van der Waals surface area contributed by atoms with Crippen LogP contribution in [0.3, 0.4) is 0 Å². The average molecular weight is 175 g/mol. The summed E-state index contributed by atoms with van der Waals surface area (Å²) in [6, 6.07) is 1.62. The number of carbonyl (C=O) groups is 1. The van der Waals surface area contributed by atoms with Crippen molar-refractivity contribution in [2.24, 2.45) is 0 Å². The van der Waals surface area contributed by atoms with Crippen LogP contribution < -0.4 is 4.74 Å². The molecular weight excluding hydrogens is 166 g/mol. The molecule has 0 amide bonds. The van der Waals surface area contributed by atoms with Gasteiger partial charge in [-0.3, -0.25) is 9.78 Å². The van der Waals surface area contributed by atoms with Crippen molar-refractivity contribution in [3.8, 4) is 18.1 Å². The Labute approximate surface area is 76.8 Å². The van der Waals surface area contributed by atoms with Crippen molar-refractivity contribution >= 4 is 5.78 Å². The van der Waals surface area contributed by atoms with Crippen LogP contribution in [0.1, 0.15) is 17.3 Å². The second-order valence-corrected chi connectivity index (χ2v) is 2.42. The van der Waals surface area contributed by atoms with E-state index in [9.17, 15) is 4.79 Å². The molecule has 13 heavy (non-hydrogen) atoms. The number of hydrogen-bond acceptors (Lipinski definition) is 3. The van der Waals surface area contributed by atoms with E-state index in [1.807, 2.05) is 0 Å². The minimum atomic E-state index is -0.0832. The Morgan fingerprint density at radius 2 is 2.54 bits per heavy atom. The predicted octanol–water partition coefficient (Wildman–Crippen LogP) is 1.30. The summed E-state index contributed by atoms with van der Waals surface area (Å²) in [4.78, 5) is 14.9. The number of terminal acetylenes is 1. The SMILES string of the molecule is C#CCOc1ccncc1C(C)=O. The van der Waals surface area contributed by atoms with E-state index in [4.69, 9.17) is 11.2 Å². The minimum absolute atomic E-state index is 0.0832. The third-order valence-electron chi connectivity index (χ3n) is 1.47. The van der Waals surface area contributed by atoms with E-state index in [0.717, 1.165) is 0 Å². The topological polar surface area (TPSA) is 39.2 Å². The van der Waals surface area contributed by atoms with Gasteiger partial charge in [0.25, 0.3) is 0 Å². The second kappa shape index (κ2) is 4.27. The lowest BCUT2D eigenvalue weighted by Crippen LogP contribution is -2.01. The number of pyridine rings is 1. The van der Waals surface area contributed by atoms with E-state index < -0.39 is 0 Å². The summed E-state index contributed by atoms with van der Waals surface area (Å²) in [5, 5.41) is 0. The first kappa shape index (κ1) is 9.27. The van der Waals surface area contributed by atoms with Crippen molar-refractivity contribution in [3.05, 3.63) is 24.0 Å². The zero-order valence-corrected chi connectivity index (χ0v) is 7.28. The Hall–Kier alpha value is -1.82. The molecular formula is C10H9NO2. The highest BCUT2D eigenvalue weighted by molar-refractivity contribution is 5.96.